The summed E-state index contributed by atoms with van der Waals surface area (Å²) in [4.78, 5) is 24.6. The van der Waals surface area contributed by atoms with Crippen molar-refractivity contribution in [3.05, 3.63) is 59.7 Å². The monoisotopic (exact) mass is 391 g/mol. The van der Waals surface area contributed by atoms with E-state index < -0.39 is 27.8 Å². The van der Waals surface area contributed by atoms with Gasteiger partial charge in [-0.05, 0) is 36.8 Å². The molecule has 0 bridgehead atoms. The van der Waals surface area contributed by atoms with Crippen LogP contribution >= 0.6 is 0 Å². The second-order valence-electron chi connectivity index (χ2n) is 6.01. The lowest BCUT2D eigenvalue weighted by Gasteiger charge is -2.15. The van der Waals surface area contributed by atoms with Crippen LogP contribution in [0.1, 0.15) is 22.8 Å². The molecule has 0 saturated carbocycles. The van der Waals surface area contributed by atoms with E-state index in [1.165, 1.54) is 26.2 Å². The number of hydrogen-bond acceptors (Lipinski definition) is 6. The van der Waals surface area contributed by atoms with Crippen molar-refractivity contribution >= 4 is 27.4 Å². The number of benzene rings is 2. The van der Waals surface area contributed by atoms with E-state index in [0.29, 0.717) is 17.0 Å². The number of esters is 1. The Morgan fingerprint density at radius 1 is 1.11 bits per heavy atom. The third kappa shape index (κ3) is 6.10. The molecule has 0 unspecified atom stereocenters. The molecule has 8 heteroatoms. The van der Waals surface area contributed by atoms with Crippen molar-refractivity contribution in [1.29, 1.82) is 0 Å². The van der Waals surface area contributed by atoms with E-state index >= 15 is 0 Å². The zero-order chi connectivity index (χ0) is 20.0. The minimum Gasteiger partial charge on any atom is -0.495 e. The molecule has 0 aliphatic heterocycles. The van der Waals surface area contributed by atoms with E-state index in [0.717, 1.165) is 6.26 Å². The minimum absolute atomic E-state index is 0.174. The Morgan fingerprint density at radius 2 is 1.81 bits per heavy atom. The first-order valence-corrected chi connectivity index (χ1v) is 10.2. The number of methoxy groups -OCH3 is 1. The van der Waals surface area contributed by atoms with Crippen molar-refractivity contribution in [3.8, 4) is 5.75 Å². The van der Waals surface area contributed by atoms with Crippen molar-refractivity contribution in [3.63, 3.8) is 0 Å². The van der Waals surface area contributed by atoms with Gasteiger partial charge >= 0.3 is 5.97 Å². The molecule has 0 fully saturated rings. The molecule has 0 heterocycles. The van der Waals surface area contributed by atoms with Gasteiger partial charge in [0, 0.05) is 6.26 Å². The van der Waals surface area contributed by atoms with Gasteiger partial charge in [0.05, 0.1) is 24.1 Å². The number of hydrogen-bond donors (Lipinski definition) is 1. The fraction of sp³-hybridized carbons (Fsp3) is 0.263. The van der Waals surface area contributed by atoms with E-state index in [1.54, 1.807) is 36.4 Å². The standard InChI is InChI=1S/C19H21NO6S/c1-13(18(21)20-16-9-4-5-10-17(16)25-2)26-19(22)15-8-6-7-14(11-15)12-27(3,23)24/h4-11,13H,12H2,1-3H3,(H,20,21)/t13-/m0/s1. The largest absolute Gasteiger partial charge is 0.495 e. The molecule has 7 nitrogen and oxygen atoms in total. The van der Waals surface area contributed by atoms with Gasteiger partial charge in [0.1, 0.15) is 5.75 Å². The molecule has 0 spiro atoms. The molecule has 0 aromatic heterocycles. The van der Waals surface area contributed by atoms with Crippen LogP contribution in [0.4, 0.5) is 5.69 Å². The Kier molecular flexibility index (Phi) is 6.57. The summed E-state index contributed by atoms with van der Waals surface area (Å²) in [6.07, 6.45) is 0.0587. The van der Waals surface area contributed by atoms with Crippen molar-refractivity contribution < 1.29 is 27.5 Å². The quantitative estimate of drug-likeness (QED) is 0.728. The molecule has 0 aliphatic carbocycles. The Bertz CT molecular complexity index is 939. The van der Waals surface area contributed by atoms with Crippen LogP contribution in [-0.4, -0.2) is 39.8 Å². The number of sulfone groups is 1. The molecule has 2 rings (SSSR count). The summed E-state index contributed by atoms with van der Waals surface area (Å²) in [7, 11) is -1.74. The lowest BCUT2D eigenvalue weighted by Crippen LogP contribution is -2.30. The molecule has 0 aliphatic rings. The minimum atomic E-state index is -3.23. The van der Waals surface area contributed by atoms with Crippen LogP contribution in [0.5, 0.6) is 5.75 Å². The van der Waals surface area contributed by atoms with E-state index in [-0.39, 0.29) is 11.3 Å². The van der Waals surface area contributed by atoms with Crippen LogP contribution in [0.3, 0.4) is 0 Å². The smallest absolute Gasteiger partial charge is 0.338 e. The van der Waals surface area contributed by atoms with Crippen LogP contribution in [0.2, 0.25) is 0 Å². The number of amides is 1. The van der Waals surface area contributed by atoms with Gasteiger partial charge in [-0.25, -0.2) is 13.2 Å². The van der Waals surface area contributed by atoms with Crippen molar-refractivity contribution in [1.82, 2.24) is 0 Å². The summed E-state index contributed by atoms with van der Waals surface area (Å²) in [6.45, 7) is 1.45. The van der Waals surface area contributed by atoms with Crippen LogP contribution in [0, 0.1) is 0 Å². The average molecular weight is 391 g/mol. The molecular weight excluding hydrogens is 370 g/mol. The molecular formula is C19H21NO6S. The summed E-state index contributed by atoms with van der Waals surface area (Å²) in [6, 6.07) is 13.0. The van der Waals surface area contributed by atoms with E-state index in [9.17, 15) is 18.0 Å². The molecule has 1 atom stereocenters. The van der Waals surface area contributed by atoms with Gasteiger partial charge in [0.15, 0.2) is 15.9 Å². The number of rotatable bonds is 7. The second-order valence-corrected chi connectivity index (χ2v) is 8.15. The third-order valence-corrected chi connectivity index (χ3v) is 4.47. The number of anilines is 1. The summed E-state index contributed by atoms with van der Waals surface area (Å²) in [5.74, 6) is -0.927. The van der Waals surface area contributed by atoms with E-state index in [2.05, 4.69) is 5.32 Å². The van der Waals surface area contributed by atoms with Gasteiger partial charge < -0.3 is 14.8 Å². The predicted molar refractivity (Wildman–Crippen MR) is 101 cm³/mol. The van der Waals surface area contributed by atoms with Crippen LogP contribution in [0.15, 0.2) is 48.5 Å². The summed E-state index contributed by atoms with van der Waals surface area (Å²) in [5, 5.41) is 2.64. The maximum absolute atomic E-state index is 12.3. The molecule has 1 N–H and O–H groups in total. The number of carbonyl (C=O) groups is 2. The Labute approximate surface area is 158 Å². The Morgan fingerprint density at radius 3 is 2.48 bits per heavy atom. The SMILES string of the molecule is COc1ccccc1NC(=O)[C@H](C)OC(=O)c1cccc(CS(C)(=O)=O)c1. The van der Waals surface area contributed by atoms with Crippen LogP contribution < -0.4 is 10.1 Å². The van der Waals surface area contributed by atoms with Crippen molar-refractivity contribution in [2.24, 2.45) is 0 Å². The third-order valence-electron chi connectivity index (χ3n) is 3.61. The zero-order valence-corrected chi connectivity index (χ0v) is 16.1. The second kappa shape index (κ2) is 8.68. The highest BCUT2D eigenvalue weighted by atomic mass is 32.2. The van der Waals surface area contributed by atoms with E-state index in [1.807, 2.05) is 0 Å². The number of ether oxygens (including phenoxy) is 2. The van der Waals surface area contributed by atoms with Crippen molar-refractivity contribution in [2.45, 2.75) is 18.8 Å². The molecule has 1 amide bonds. The van der Waals surface area contributed by atoms with Gasteiger partial charge in [0.25, 0.3) is 5.91 Å². The molecule has 27 heavy (non-hydrogen) atoms. The normalized spacial score (nSPS) is 12.1. The maximum atomic E-state index is 12.3. The highest BCUT2D eigenvalue weighted by molar-refractivity contribution is 7.89. The lowest BCUT2D eigenvalue weighted by atomic mass is 10.1. The first kappa shape index (κ1) is 20.4. The highest BCUT2D eigenvalue weighted by Gasteiger charge is 2.20. The molecule has 0 saturated heterocycles. The van der Waals surface area contributed by atoms with Crippen LogP contribution in [0.25, 0.3) is 0 Å². The predicted octanol–water partition coefficient (Wildman–Crippen LogP) is 2.42. The van der Waals surface area contributed by atoms with Gasteiger partial charge in [-0.2, -0.15) is 0 Å². The average Bonchev–Trinajstić information content (AvgIpc) is 2.60. The fourth-order valence-electron chi connectivity index (χ4n) is 2.36. The van der Waals surface area contributed by atoms with Gasteiger partial charge in [-0.15, -0.1) is 0 Å². The van der Waals surface area contributed by atoms with Crippen molar-refractivity contribution in [2.75, 3.05) is 18.7 Å². The number of nitrogens with one attached hydrogen (secondary N) is 1. The molecule has 2 aromatic rings. The van der Waals surface area contributed by atoms with Crippen LogP contribution in [-0.2, 0) is 25.1 Å². The number of para-hydroxylation sites is 2. The number of carbonyl (C=O) groups excluding carboxylic acids is 2. The van der Waals surface area contributed by atoms with Gasteiger partial charge in [0.2, 0.25) is 0 Å². The summed E-state index contributed by atoms with van der Waals surface area (Å²) in [5.41, 5.74) is 1.11. The molecule has 144 valence electrons. The summed E-state index contributed by atoms with van der Waals surface area (Å²) >= 11 is 0. The van der Waals surface area contributed by atoms with E-state index in [4.69, 9.17) is 9.47 Å². The first-order chi connectivity index (χ1) is 12.7. The zero-order valence-electron chi connectivity index (χ0n) is 15.3. The molecule has 2 aromatic carbocycles. The van der Waals surface area contributed by atoms with Gasteiger partial charge in [-0.3, -0.25) is 4.79 Å². The van der Waals surface area contributed by atoms with Gasteiger partial charge in [-0.1, -0.05) is 24.3 Å². The lowest BCUT2D eigenvalue weighted by molar-refractivity contribution is -0.123. The fourth-order valence-corrected chi connectivity index (χ4v) is 3.14. The highest BCUT2D eigenvalue weighted by Crippen LogP contribution is 2.23. The Balaban J connectivity index is 2.04. The Hall–Kier alpha value is -2.87. The first-order valence-electron chi connectivity index (χ1n) is 8.11. The summed E-state index contributed by atoms with van der Waals surface area (Å²) < 4.78 is 33.1. The topological polar surface area (TPSA) is 98.8 Å². The molecule has 0 radical (unpaired) electrons. The maximum Gasteiger partial charge on any atom is 0.338 e.